The SMILES string of the molecule is CC(C)(N)c1noc(C2Cc3ccccc32)n1. The summed E-state index contributed by atoms with van der Waals surface area (Å²) < 4.78 is 5.31. The summed E-state index contributed by atoms with van der Waals surface area (Å²) in [7, 11) is 0. The number of aromatic nitrogens is 2. The van der Waals surface area contributed by atoms with Gasteiger partial charge in [0.05, 0.1) is 11.5 Å². The van der Waals surface area contributed by atoms with Crippen molar-refractivity contribution in [2.24, 2.45) is 5.73 Å². The van der Waals surface area contributed by atoms with Crippen LogP contribution in [0.4, 0.5) is 0 Å². The van der Waals surface area contributed by atoms with Crippen LogP contribution in [0.2, 0.25) is 0 Å². The Morgan fingerprint density at radius 1 is 1.35 bits per heavy atom. The molecule has 0 amide bonds. The van der Waals surface area contributed by atoms with E-state index in [-0.39, 0.29) is 5.92 Å². The van der Waals surface area contributed by atoms with E-state index < -0.39 is 5.54 Å². The summed E-state index contributed by atoms with van der Waals surface area (Å²) in [6.45, 7) is 3.74. The molecule has 0 saturated heterocycles. The zero-order valence-electron chi connectivity index (χ0n) is 9.97. The Morgan fingerprint density at radius 3 is 2.76 bits per heavy atom. The van der Waals surface area contributed by atoms with Crippen molar-refractivity contribution in [1.82, 2.24) is 10.1 Å². The van der Waals surface area contributed by atoms with E-state index in [2.05, 4.69) is 28.3 Å². The van der Waals surface area contributed by atoms with E-state index in [9.17, 15) is 0 Å². The molecule has 1 aromatic heterocycles. The van der Waals surface area contributed by atoms with Gasteiger partial charge in [0.15, 0.2) is 5.82 Å². The highest BCUT2D eigenvalue weighted by atomic mass is 16.5. The van der Waals surface area contributed by atoms with E-state index in [1.54, 1.807) is 0 Å². The van der Waals surface area contributed by atoms with Crippen LogP contribution in [0.5, 0.6) is 0 Å². The third-order valence-electron chi connectivity index (χ3n) is 3.17. The van der Waals surface area contributed by atoms with E-state index in [1.165, 1.54) is 11.1 Å². The van der Waals surface area contributed by atoms with Gasteiger partial charge >= 0.3 is 0 Å². The van der Waals surface area contributed by atoms with Gasteiger partial charge < -0.3 is 10.3 Å². The Morgan fingerprint density at radius 2 is 2.12 bits per heavy atom. The molecule has 0 saturated carbocycles. The first-order valence-corrected chi connectivity index (χ1v) is 5.76. The lowest BCUT2D eigenvalue weighted by Crippen LogP contribution is -2.30. The second-order valence-corrected chi connectivity index (χ2v) is 5.13. The summed E-state index contributed by atoms with van der Waals surface area (Å²) in [5.74, 6) is 1.49. The van der Waals surface area contributed by atoms with Gasteiger partial charge in [-0.05, 0) is 31.4 Å². The molecule has 1 unspecified atom stereocenters. The predicted octanol–water partition coefficient (Wildman–Crippen LogP) is 1.95. The Hall–Kier alpha value is -1.68. The van der Waals surface area contributed by atoms with Crippen molar-refractivity contribution in [3.8, 4) is 0 Å². The summed E-state index contributed by atoms with van der Waals surface area (Å²) in [6.07, 6.45) is 0.975. The second kappa shape index (κ2) is 3.40. The average Bonchev–Trinajstić information content (AvgIpc) is 2.68. The molecule has 2 aromatic rings. The molecule has 3 rings (SSSR count). The molecule has 1 aliphatic rings. The van der Waals surface area contributed by atoms with E-state index in [0.29, 0.717) is 11.7 Å². The zero-order chi connectivity index (χ0) is 12.0. The number of hydrogen-bond donors (Lipinski definition) is 1. The van der Waals surface area contributed by atoms with Crippen LogP contribution in [-0.4, -0.2) is 10.1 Å². The summed E-state index contributed by atoms with van der Waals surface area (Å²) in [5.41, 5.74) is 8.04. The molecule has 1 atom stereocenters. The van der Waals surface area contributed by atoms with Crippen molar-refractivity contribution < 1.29 is 4.52 Å². The van der Waals surface area contributed by atoms with Gasteiger partial charge in [-0.3, -0.25) is 0 Å². The molecular weight excluding hydrogens is 214 g/mol. The monoisotopic (exact) mass is 229 g/mol. The van der Waals surface area contributed by atoms with Crippen LogP contribution >= 0.6 is 0 Å². The molecular formula is C13H15N3O. The van der Waals surface area contributed by atoms with E-state index in [1.807, 2.05) is 19.9 Å². The summed E-state index contributed by atoms with van der Waals surface area (Å²) in [4.78, 5) is 4.40. The lowest BCUT2D eigenvalue weighted by molar-refractivity contribution is 0.343. The first kappa shape index (κ1) is 10.5. The molecule has 0 fully saturated rings. The maximum absolute atomic E-state index is 5.94. The number of benzene rings is 1. The van der Waals surface area contributed by atoms with Crippen molar-refractivity contribution >= 4 is 0 Å². The smallest absolute Gasteiger partial charge is 0.234 e. The number of nitrogens with two attached hydrogens (primary N) is 1. The highest BCUT2D eigenvalue weighted by Crippen LogP contribution is 2.39. The zero-order valence-corrected chi connectivity index (χ0v) is 9.97. The Kier molecular flexibility index (Phi) is 2.10. The van der Waals surface area contributed by atoms with Crippen LogP contribution in [0, 0.1) is 0 Å². The van der Waals surface area contributed by atoms with Crippen molar-refractivity contribution in [2.75, 3.05) is 0 Å². The van der Waals surface area contributed by atoms with Crippen LogP contribution in [0.1, 0.15) is 42.6 Å². The minimum absolute atomic E-state index is 0.245. The maximum atomic E-state index is 5.94. The van der Waals surface area contributed by atoms with Gasteiger partial charge in [0, 0.05) is 0 Å². The summed E-state index contributed by atoms with van der Waals surface area (Å²) >= 11 is 0. The molecule has 2 N–H and O–H groups in total. The van der Waals surface area contributed by atoms with Crippen LogP contribution < -0.4 is 5.73 Å². The van der Waals surface area contributed by atoms with Crippen molar-refractivity contribution in [2.45, 2.75) is 31.7 Å². The summed E-state index contributed by atoms with van der Waals surface area (Å²) in [5, 5.41) is 3.95. The molecule has 17 heavy (non-hydrogen) atoms. The molecule has 1 aliphatic carbocycles. The standard InChI is InChI=1S/C13H15N3O/c1-13(2,14)12-15-11(17-16-12)10-7-8-5-3-4-6-9(8)10/h3-6,10H,7,14H2,1-2H3. The molecule has 1 aromatic carbocycles. The van der Waals surface area contributed by atoms with Gasteiger partial charge in [0.25, 0.3) is 0 Å². The Labute approximate surface area is 99.8 Å². The average molecular weight is 229 g/mol. The third kappa shape index (κ3) is 1.65. The van der Waals surface area contributed by atoms with E-state index in [4.69, 9.17) is 10.3 Å². The van der Waals surface area contributed by atoms with Gasteiger partial charge in [-0.15, -0.1) is 0 Å². The fourth-order valence-corrected chi connectivity index (χ4v) is 2.12. The first-order chi connectivity index (χ1) is 8.05. The van der Waals surface area contributed by atoms with E-state index >= 15 is 0 Å². The minimum Gasteiger partial charge on any atom is -0.339 e. The van der Waals surface area contributed by atoms with Gasteiger partial charge in [-0.1, -0.05) is 29.4 Å². The molecule has 0 bridgehead atoms. The topological polar surface area (TPSA) is 64.9 Å². The number of nitrogens with zero attached hydrogens (tertiary/aromatic N) is 2. The largest absolute Gasteiger partial charge is 0.339 e. The molecule has 0 radical (unpaired) electrons. The van der Waals surface area contributed by atoms with Crippen LogP contribution in [0.3, 0.4) is 0 Å². The second-order valence-electron chi connectivity index (χ2n) is 5.13. The fraction of sp³-hybridized carbons (Fsp3) is 0.385. The number of fused-ring (bicyclic) bond motifs is 1. The van der Waals surface area contributed by atoms with Crippen molar-refractivity contribution in [3.63, 3.8) is 0 Å². The normalized spacial score (nSPS) is 18.6. The Balaban J connectivity index is 1.91. The highest BCUT2D eigenvalue weighted by Gasteiger charge is 2.33. The molecule has 88 valence electrons. The minimum atomic E-state index is -0.551. The first-order valence-electron chi connectivity index (χ1n) is 5.76. The van der Waals surface area contributed by atoms with Gasteiger partial charge in [-0.25, -0.2) is 0 Å². The van der Waals surface area contributed by atoms with Crippen LogP contribution in [0.25, 0.3) is 0 Å². The molecule has 1 heterocycles. The van der Waals surface area contributed by atoms with Crippen molar-refractivity contribution in [1.29, 1.82) is 0 Å². The van der Waals surface area contributed by atoms with Crippen LogP contribution in [0.15, 0.2) is 28.8 Å². The van der Waals surface area contributed by atoms with Crippen molar-refractivity contribution in [3.05, 3.63) is 47.1 Å². The van der Waals surface area contributed by atoms with Crippen LogP contribution in [-0.2, 0) is 12.0 Å². The van der Waals surface area contributed by atoms with Gasteiger partial charge in [0.2, 0.25) is 5.89 Å². The summed E-state index contributed by atoms with van der Waals surface area (Å²) in [6, 6.07) is 8.34. The number of rotatable bonds is 2. The van der Waals surface area contributed by atoms with E-state index in [0.717, 1.165) is 6.42 Å². The maximum Gasteiger partial charge on any atom is 0.234 e. The quantitative estimate of drug-likeness (QED) is 0.854. The lowest BCUT2D eigenvalue weighted by Gasteiger charge is -2.26. The lowest BCUT2D eigenvalue weighted by atomic mass is 9.77. The highest BCUT2D eigenvalue weighted by molar-refractivity contribution is 5.43. The molecule has 0 spiro atoms. The molecule has 0 aliphatic heterocycles. The number of hydrogen-bond acceptors (Lipinski definition) is 4. The van der Waals surface area contributed by atoms with Gasteiger partial charge in [0.1, 0.15) is 0 Å². The molecule has 4 nitrogen and oxygen atoms in total. The fourth-order valence-electron chi connectivity index (χ4n) is 2.12. The predicted molar refractivity (Wildman–Crippen MR) is 63.5 cm³/mol. The van der Waals surface area contributed by atoms with Gasteiger partial charge in [-0.2, -0.15) is 4.98 Å². The molecule has 4 heteroatoms. The third-order valence-corrected chi connectivity index (χ3v) is 3.17. The Bertz CT molecular complexity index is 554.